The second-order valence-corrected chi connectivity index (χ2v) is 17.4. The van der Waals surface area contributed by atoms with Crippen LogP contribution < -0.4 is 26.5 Å². The first-order valence-electron chi connectivity index (χ1n) is 14.7. The fourth-order valence-corrected chi connectivity index (χ4v) is 12.7. The van der Waals surface area contributed by atoms with Crippen LogP contribution in [-0.4, -0.2) is 15.7 Å². The summed E-state index contributed by atoms with van der Waals surface area (Å²) in [6.45, 7) is 12.1. The van der Waals surface area contributed by atoms with E-state index in [2.05, 4.69) is 71.0 Å². The molecule has 0 amide bonds. The summed E-state index contributed by atoms with van der Waals surface area (Å²) < 4.78 is 3.07. The van der Waals surface area contributed by atoms with Gasteiger partial charge < -0.3 is 0 Å². The molecule has 0 spiro atoms. The molecular weight excluding hydrogens is 554 g/mol. The molecule has 2 aromatic carbocycles. The SMILES string of the molecule is CCC[I-]c1cc(C(C)C)c(-c2ccccc2P(C2CCCCC2)C2CCCCC2)c(C(C)C)c1. The number of hydrogen-bond donors (Lipinski definition) is 0. The van der Waals surface area contributed by atoms with Crippen molar-refractivity contribution in [2.24, 2.45) is 0 Å². The number of halogens is 1. The predicted molar refractivity (Wildman–Crippen MR) is 154 cm³/mol. The fraction of sp³-hybridized carbons (Fsp3) is 0.636. The standard InChI is InChI=1S/C33H49IP/c1-6-21-34-26-22-30(24(2)3)33(31(23-26)25(4)5)29-19-13-14-20-32(29)35(27-15-9-7-10-16-27)28-17-11-8-12-18-28/h13-14,19-20,22-25,27-28H,6-12,15-18,21H2,1-5H3/q-1. The molecule has 2 aromatic rings. The topological polar surface area (TPSA) is 0 Å². The van der Waals surface area contributed by atoms with Crippen LogP contribution in [0.1, 0.15) is 128 Å². The Morgan fingerprint density at radius 1 is 0.771 bits per heavy atom. The van der Waals surface area contributed by atoms with Crippen LogP contribution in [0.4, 0.5) is 0 Å². The van der Waals surface area contributed by atoms with Gasteiger partial charge in [0.15, 0.2) is 0 Å². The molecule has 0 unspecified atom stereocenters. The zero-order valence-corrected chi connectivity index (χ0v) is 26.1. The maximum atomic E-state index is 2.63. The van der Waals surface area contributed by atoms with E-state index in [0.29, 0.717) is 11.8 Å². The number of alkyl halides is 1. The number of hydrogen-bond acceptors (Lipinski definition) is 0. The molecule has 0 aliphatic heterocycles. The Balaban J connectivity index is 1.88. The minimum absolute atomic E-state index is 0.110. The van der Waals surface area contributed by atoms with Crippen molar-refractivity contribution in [3.63, 3.8) is 0 Å². The van der Waals surface area contributed by atoms with Crippen LogP contribution in [0.25, 0.3) is 11.1 Å². The van der Waals surface area contributed by atoms with Gasteiger partial charge in [-0.2, -0.15) is 0 Å². The van der Waals surface area contributed by atoms with Gasteiger partial charge in [0.05, 0.1) is 0 Å². The average molecular weight is 604 g/mol. The third kappa shape index (κ3) is 6.73. The van der Waals surface area contributed by atoms with Gasteiger partial charge in [0.25, 0.3) is 0 Å². The van der Waals surface area contributed by atoms with Crippen LogP contribution in [0.15, 0.2) is 36.4 Å². The molecule has 0 heterocycles. The Bertz CT molecular complexity index is 887. The zero-order chi connectivity index (χ0) is 24.8. The first-order valence-corrected chi connectivity index (χ1v) is 18.7. The summed E-state index contributed by atoms with van der Waals surface area (Å²) in [5.74, 6) is 1.13. The molecule has 35 heavy (non-hydrogen) atoms. The van der Waals surface area contributed by atoms with Gasteiger partial charge in [-0.25, -0.2) is 0 Å². The van der Waals surface area contributed by atoms with Crippen molar-refractivity contribution >= 4 is 13.2 Å². The van der Waals surface area contributed by atoms with Crippen LogP contribution in [-0.2, 0) is 0 Å². The summed E-state index contributed by atoms with van der Waals surface area (Å²) in [7, 11) is -0.110. The second-order valence-electron chi connectivity index (χ2n) is 11.6. The van der Waals surface area contributed by atoms with E-state index in [1.165, 1.54) is 75.1 Å². The molecule has 0 nitrogen and oxygen atoms in total. The monoisotopic (exact) mass is 603 g/mol. The average Bonchev–Trinajstić information content (AvgIpc) is 2.88. The van der Waals surface area contributed by atoms with Crippen molar-refractivity contribution < 1.29 is 21.2 Å². The van der Waals surface area contributed by atoms with Crippen molar-refractivity contribution in [2.75, 3.05) is 4.43 Å². The molecule has 4 rings (SSSR count). The first-order chi connectivity index (χ1) is 17.0. The van der Waals surface area contributed by atoms with Crippen molar-refractivity contribution in [3.05, 3.63) is 51.1 Å². The van der Waals surface area contributed by atoms with Gasteiger partial charge in [0.2, 0.25) is 0 Å². The molecule has 2 aliphatic rings. The molecule has 0 atom stereocenters. The normalized spacial score (nSPS) is 18.3. The molecule has 194 valence electrons. The summed E-state index contributed by atoms with van der Waals surface area (Å²) in [6, 6.07) is 15.1. The maximum absolute atomic E-state index is 2.63. The number of rotatable bonds is 9. The Kier molecular flexibility index (Phi) is 10.6. The van der Waals surface area contributed by atoms with E-state index < -0.39 is 0 Å². The summed E-state index contributed by atoms with van der Waals surface area (Å²) in [5.41, 5.74) is 8.37. The van der Waals surface area contributed by atoms with Crippen molar-refractivity contribution in [2.45, 2.75) is 128 Å². The van der Waals surface area contributed by atoms with Crippen LogP contribution in [0.5, 0.6) is 0 Å². The molecule has 0 N–H and O–H groups in total. The van der Waals surface area contributed by atoms with Gasteiger partial charge in [-0.15, -0.1) is 0 Å². The fourth-order valence-electron chi connectivity index (χ4n) is 6.47. The molecule has 2 saturated carbocycles. The van der Waals surface area contributed by atoms with E-state index in [1.54, 1.807) is 31.1 Å². The zero-order valence-electron chi connectivity index (χ0n) is 23.1. The van der Waals surface area contributed by atoms with Crippen LogP contribution in [0.2, 0.25) is 0 Å². The van der Waals surface area contributed by atoms with Gasteiger partial charge in [-0.3, -0.25) is 0 Å². The van der Waals surface area contributed by atoms with Gasteiger partial charge in [0.1, 0.15) is 0 Å². The third-order valence-corrected chi connectivity index (χ3v) is 14.9. The van der Waals surface area contributed by atoms with E-state index in [0.717, 1.165) is 11.3 Å². The van der Waals surface area contributed by atoms with E-state index in [1.807, 2.05) is 0 Å². The van der Waals surface area contributed by atoms with Crippen molar-refractivity contribution in [3.8, 4) is 11.1 Å². The van der Waals surface area contributed by atoms with Crippen LogP contribution >= 0.6 is 7.92 Å². The predicted octanol–water partition coefficient (Wildman–Crippen LogP) is 7.04. The minimum atomic E-state index is -0.110. The summed E-state index contributed by atoms with van der Waals surface area (Å²) in [5, 5.41) is 1.76. The summed E-state index contributed by atoms with van der Waals surface area (Å²) in [4.78, 5) is 0. The van der Waals surface area contributed by atoms with E-state index in [4.69, 9.17) is 0 Å². The van der Waals surface area contributed by atoms with Gasteiger partial charge in [0, 0.05) is 0 Å². The summed E-state index contributed by atoms with van der Waals surface area (Å²) >= 11 is 0.121. The van der Waals surface area contributed by atoms with E-state index in [-0.39, 0.29) is 29.1 Å². The molecule has 0 radical (unpaired) electrons. The van der Waals surface area contributed by atoms with Crippen molar-refractivity contribution in [1.29, 1.82) is 0 Å². The van der Waals surface area contributed by atoms with E-state index in [9.17, 15) is 0 Å². The Hall–Kier alpha value is -0.400. The van der Waals surface area contributed by atoms with Crippen LogP contribution in [0, 0.1) is 3.57 Å². The molecule has 0 bridgehead atoms. The molecule has 2 fully saturated rings. The number of benzene rings is 2. The molecule has 0 saturated heterocycles. The van der Waals surface area contributed by atoms with E-state index >= 15 is 0 Å². The Morgan fingerprint density at radius 3 is 1.77 bits per heavy atom. The van der Waals surface area contributed by atoms with Gasteiger partial charge >= 0.3 is 229 Å². The van der Waals surface area contributed by atoms with Gasteiger partial charge in [-0.05, 0) is 0 Å². The first kappa shape index (κ1) is 27.6. The molecule has 2 heteroatoms. The Morgan fingerprint density at radius 2 is 1.29 bits per heavy atom. The quantitative estimate of drug-likeness (QED) is 0.164. The molecule has 0 aromatic heterocycles. The third-order valence-electron chi connectivity index (χ3n) is 8.23. The van der Waals surface area contributed by atoms with Crippen molar-refractivity contribution in [1.82, 2.24) is 0 Å². The van der Waals surface area contributed by atoms with Gasteiger partial charge in [-0.1, -0.05) is 0 Å². The molecule has 2 aliphatic carbocycles. The Labute approximate surface area is 228 Å². The van der Waals surface area contributed by atoms with Crippen LogP contribution in [0.3, 0.4) is 0 Å². The molecular formula is C33H49IP-. The summed E-state index contributed by atoms with van der Waals surface area (Å²) in [6.07, 6.45) is 16.0. The second kappa shape index (κ2) is 13.4.